The molecule has 114 valence electrons. The van der Waals surface area contributed by atoms with E-state index in [0.29, 0.717) is 17.3 Å². The van der Waals surface area contributed by atoms with Crippen molar-refractivity contribution >= 4 is 17.0 Å². The SMILES string of the molecule is CC1(C)C2CCC1(C)C(C(OC(=O)Cl)c1ccccc1)C2. The van der Waals surface area contributed by atoms with Crippen LogP contribution in [0.1, 0.15) is 51.7 Å². The quantitative estimate of drug-likeness (QED) is 0.683. The van der Waals surface area contributed by atoms with Crippen molar-refractivity contribution in [3.05, 3.63) is 35.9 Å². The first kappa shape index (κ1) is 14.9. The lowest BCUT2D eigenvalue weighted by molar-refractivity contribution is -0.000784. The first-order chi connectivity index (χ1) is 9.86. The van der Waals surface area contributed by atoms with Crippen molar-refractivity contribution in [1.29, 1.82) is 0 Å². The Morgan fingerprint density at radius 2 is 1.95 bits per heavy atom. The summed E-state index contributed by atoms with van der Waals surface area (Å²) in [6.45, 7) is 7.10. The number of hydrogen-bond donors (Lipinski definition) is 0. The molecule has 0 aliphatic heterocycles. The van der Waals surface area contributed by atoms with E-state index in [1.165, 1.54) is 12.8 Å². The lowest BCUT2D eigenvalue weighted by Gasteiger charge is -2.42. The highest BCUT2D eigenvalue weighted by Gasteiger charge is 2.63. The molecule has 4 atom stereocenters. The summed E-state index contributed by atoms with van der Waals surface area (Å²) in [7, 11) is 0. The van der Waals surface area contributed by atoms with Gasteiger partial charge in [-0.25, -0.2) is 4.79 Å². The molecule has 0 spiro atoms. The predicted octanol–water partition coefficient (Wildman–Crippen LogP) is 5.57. The smallest absolute Gasteiger partial charge is 0.404 e. The first-order valence-corrected chi connectivity index (χ1v) is 8.15. The van der Waals surface area contributed by atoms with Crippen LogP contribution in [0.2, 0.25) is 0 Å². The Balaban J connectivity index is 1.97. The van der Waals surface area contributed by atoms with E-state index in [4.69, 9.17) is 16.3 Å². The van der Waals surface area contributed by atoms with Gasteiger partial charge in [0.2, 0.25) is 0 Å². The molecule has 2 aliphatic rings. The number of carbonyl (C=O) groups excluding carboxylic acids is 1. The topological polar surface area (TPSA) is 26.3 Å². The minimum Gasteiger partial charge on any atom is -0.445 e. The molecule has 2 fully saturated rings. The monoisotopic (exact) mass is 306 g/mol. The van der Waals surface area contributed by atoms with E-state index >= 15 is 0 Å². The molecule has 2 saturated carbocycles. The molecule has 4 unspecified atom stereocenters. The fraction of sp³-hybridized carbons (Fsp3) is 0.611. The summed E-state index contributed by atoms with van der Waals surface area (Å²) >= 11 is 5.56. The molecule has 2 bridgehead atoms. The summed E-state index contributed by atoms with van der Waals surface area (Å²) in [6.07, 6.45) is 3.38. The number of hydrogen-bond acceptors (Lipinski definition) is 2. The second-order valence-electron chi connectivity index (χ2n) is 7.40. The molecule has 1 aromatic rings. The van der Waals surface area contributed by atoms with E-state index in [1.807, 2.05) is 30.3 Å². The molecule has 3 heteroatoms. The van der Waals surface area contributed by atoms with Crippen molar-refractivity contribution in [1.82, 2.24) is 0 Å². The standard InChI is InChI=1S/C18H23ClO2/c1-17(2)13-9-10-18(17,3)14(11-13)15(21-16(19)20)12-7-5-4-6-8-12/h4-8,13-15H,9-11H2,1-3H3. The molecule has 21 heavy (non-hydrogen) atoms. The van der Waals surface area contributed by atoms with Crippen LogP contribution < -0.4 is 0 Å². The van der Waals surface area contributed by atoms with Crippen molar-refractivity contribution < 1.29 is 9.53 Å². The second kappa shape index (κ2) is 5.01. The van der Waals surface area contributed by atoms with Gasteiger partial charge in [0.05, 0.1) is 0 Å². The van der Waals surface area contributed by atoms with Crippen LogP contribution in [0.25, 0.3) is 0 Å². The lowest BCUT2D eigenvalue weighted by atomic mass is 9.64. The molecule has 1 aromatic carbocycles. The van der Waals surface area contributed by atoms with Crippen molar-refractivity contribution in [3.8, 4) is 0 Å². The van der Waals surface area contributed by atoms with Crippen LogP contribution in [-0.2, 0) is 4.74 Å². The largest absolute Gasteiger partial charge is 0.445 e. The van der Waals surface area contributed by atoms with E-state index in [1.54, 1.807) is 0 Å². The van der Waals surface area contributed by atoms with Gasteiger partial charge in [-0.1, -0.05) is 51.1 Å². The predicted molar refractivity (Wildman–Crippen MR) is 84.2 cm³/mol. The van der Waals surface area contributed by atoms with E-state index in [2.05, 4.69) is 20.8 Å². The molecule has 0 N–H and O–H groups in total. The number of fused-ring (bicyclic) bond motifs is 2. The zero-order chi connectivity index (χ0) is 15.3. The summed E-state index contributed by atoms with van der Waals surface area (Å²) in [5.74, 6) is 1.06. The van der Waals surface area contributed by atoms with Crippen molar-refractivity contribution in [2.45, 2.75) is 46.1 Å². The third-order valence-electron chi connectivity index (χ3n) is 6.57. The van der Waals surface area contributed by atoms with Gasteiger partial charge in [-0.2, -0.15) is 0 Å². The van der Waals surface area contributed by atoms with Crippen molar-refractivity contribution in [2.75, 3.05) is 0 Å². The molecule has 0 saturated heterocycles. The Hall–Kier alpha value is -1.02. The Kier molecular flexibility index (Phi) is 3.56. The third kappa shape index (κ3) is 2.19. The second-order valence-corrected chi connectivity index (χ2v) is 7.71. The van der Waals surface area contributed by atoms with E-state index < -0.39 is 5.43 Å². The van der Waals surface area contributed by atoms with Crippen molar-refractivity contribution in [2.24, 2.45) is 22.7 Å². The fourth-order valence-corrected chi connectivity index (χ4v) is 4.94. The van der Waals surface area contributed by atoms with Crippen LogP contribution in [-0.4, -0.2) is 5.43 Å². The molecule has 0 amide bonds. The average Bonchev–Trinajstić information content (AvgIpc) is 2.78. The molecule has 2 nitrogen and oxygen atoms in total. The summed E-state index contributed by atoms with van der Waals surface area (Å²) in [6, 6.07) is 10.0. The molecule has 3 rings (SSSR count). The number of ether oxygens (including phenoxy) is 1. The van der Waals surface area contributed by atoms with Gasteiger partial charge in [-0.15, -0.1) is 0 Å². The molecule has 0 aromatic heterocycles. The number of halogens is 1. The van der Waals surface area contributed by atoms with Gasteiger partial charge in [-0.05, 0) is 41.6 Å². The average molecular weight is 307 g/mol. The zero-order valence-electron chi connectivity index (χ0n) is 12.9. The fourth-order valence-electron chi connectivity index (χ4n) is 4.85. The van der Waals surface area contributed by atoms with E-state index in [9.17, 15) is 4.79 Å². The summed E-state index contributed by atoms with van der Waals surface area (Å²) < 4.78 is 5.56. The van der Waals surface area contributed by atoms with Gasteiger partial charge in [0.1, 0.15) is 6.10 Å². The van der Waals surface area contributed by atoms with Gasteiger partial charge in [-0.3, -0.25) is 0 Å². The third-order valence-corrected chi connectivity index (χ3v) is 6.66. The van der Waals surface area contributed by atoms with Crippen LogP contribution in [0.4, 0.5) is 4.79 Å². The molecular formula is C18H23ClO2. The maximum Gasteiger partial charge on any atom is 0.404 e. The lowest BCUT2D eigenvalue weighted by Crippen LogP contribution is -2.36. The molecule has 0 radical (unpaired) electrons. The van der Waals surface area contributed by atoms with Crippen LogP contribution in [0.15, 0.2) is 30.3 Å². The van der Waals surface area contributed by atoms with Crippen LogP contribution in [0, 0.1) is 22.7 Å². The Morgan fingerprint density at radius 1 is 1.29 bits per heavy atom. The Bertz CT molecular complexity index is 539. The summed E-state index contributed by atoms with van der Waals surface area (Å²) in [5.41, 5.74) is 0.850. The molecule has 0 heterocycles. The number of benzene rings is 1. The van der Waals surface area contributed by atoms with Crippen LogP contribution >= 0.6 is 11.6 Å². The van der Waals surface area contributed by atoms with Crippen LogP contribution in [0.5, 0.6) is 0 Å². The normalized spacial score (nSPS) is 34.7. The van der Waals surface area contributed by atoms with Crippen molar-refractivity contribution in [3.63, 3.8) is 0 Å². The minimum atomic E-state index is -0.701. The van der Waals surface area contributed by atoms with Gasteiger partial charge in [0, 0.05) is 17.5 Å². The highest BCUT2D eigenvalue weighted by molar-refractivity contribution is 6.61. The van der Waals surface area contributed by atoms with Gasteiger partial charge in [0.15, 0.2) is 0 Å². The van der Waals surface area contributed by atoms with Crippen LogP contribution in [0.3, 0.4) is 0 Å². The van der Waals surface area contributed by atoms with Gasteiger partial charge in [0.25, 0.3) is 0 Å². The Labute approximate surface area is 131 Å². The Morgan fingerprint density at radius 3 is 2.43 bits per heavy atom. The van der Waals surface area contributed by atoms with Gasteiger partial charge < -0.3 is 4.74 Å². The van der Waals surface area contributed by atoms with E-state index in [-0.39, 0.29) is 11.5 Å². The highest BCUT2D eigenvalue weighted by atomic mass is 35.5. The van der Waals surface area contributed by atoms with Gasteiger partial charge >= 0.3 is 5.43 Å². The number of carbonyl (C=O) groups is 1. The maximum atomic E-state index is 11.4. The number of rotatable bonds is 3. The first-order valence-electron chi connectivity index (χ1n) is 7.77. The molecule has 2 aliphatic carbocycles. The minimum absolute atomic E-state index is 0.199. The maximum absolute atomic E-state index is 11.4. The molecular weight excluding hydrogens is 284 g/mol. The highest BCUT2D eigenvalue weighted by Crippen LogP contribution is 2.70. The van der Waals surface area contributed by atoms with E-state index in [0.717, 1.165) is 12.0 Å². The summed E-state index contributed by atoms with van der Waals surface area (Å²) in [5, 5.41) is 0. The zero-order valence-corrected chi connectivity index (χ0v) is 13.7. The summed E-state index contributed by atoms with van der Waals surface area (Å²) in [4.78, 5) is 11.4.